The van der Waals surface area contributed by atoms with Gasteiger partial charge >= 0.3 is 6.13 Å². The zero-order valence-corrected chi connectivity index (χ0v) is 9.09. The third-order valence-corrected chi connectivity index (χ3v) is 2.83. The Kier molecular flexibility index (Phi) is 3.25. The molecule has 0 aliphatic carbocycles. The van der Waals surface area contributed by atoms with Crippen LogP contribution in [0.2, 0.25) is 0 Å². The van der Waals surface area contributed by atoms with Gasteiger partial charge in [-0.1, -0.05) is 35.2 Å². The van der Waals surface area contributed by atoms with Crippen molar-refractivity contribution in [3.05, 3.63) is 60.2 Å². The van der Waals surface area contributed by atoms with E-state index in [1.807, 2.05) is 0 Å². The molecular weight excluding hydrogens is 228 g/mol. The van der Waals surface area contributed by atoms with Crippen molar-refractivity contribution in [1.82, 2.24) is 0 Å². The van der Waals surface area contributed by atoms with Gasteiger partial charge in [-0.2, -0.15) is 11.5 Å². The Labute approximate surface area is 97.9 Å². The second-order valence-corrected chi connectivity index (χ2v) is 3.90. The van der Waals surface area contributed by atoms with Gasteiger partial charge in [-0.25, -0.2) is 8.78 Å². The predicted molar refractivity (Wildman–Crippen MR) is 63.7 cm³/mol. The highest BCUT2D eigenvalue weighted by Crippen LogP contribution is 2.00. The monoisotopic (exact) mass is 236 g/mol. The van der Waals surface area contributed by atoms with Crippen molar-refractivity contribution in [2.24, 2.45) is 0 Å². The molecule has 0 amide bonds. The first-order valence-electron chi connectivity index (χ1n) is 4.82. The van der Waals surface area contributed by atoms with Crippen LogP contribution in [0.5, 0.6) is 0 Å². The van der Waals surface area contributed by atoms with Crippen LogP contribution in [0, 0.1) is 11.6 Å². The fourth-order valence-corrected chi connectivity index (χ4v) is 1.75. The highest BCUT2D eigenvalue weighted by atomic mass is 35.5. The average molecular weight is 236 g/mol. The van der Waals surface area contributed by atoms with Crippen LogP contribution in [0.3, 0.4) is 0 Å². The van der Waals surface area contributed by atoms with E-state index in [2.05, 4.69) is 0 Å². The van der Waals surface area contributed by atoms with E-state index in [1.54, 1.807) is 24.3 Å². The molecule has 0 radical (unpaired) electrons. The van der Waals surface area contributed by atoms with Crippen LogP contribution < -0.4 is 10.9 Å². The van der Waals surface area contributed by atoms with Gasteiger partial charge < -0.3 is 0 Å². The van der Waals surface area contributed by atoms with E-state index in [1.165, 1.54) is 24.3 Å². The lowest BCUT2D eigenvalue weighted by Gasteiger charge is -2.06. The Bertz CT molecular complexity index is 422. The summed E-state index contributed by atoms with van der Waals surface area (Å²) in [6.07, 6.45) is -0.388. The van der Waals surface area contributed by atoms with Gasteiger partial charge in [-0.05, 0) is 24.3 Å². The van der Waals surface area contributed by atoms with E-state index >= 15 is 0 Å². The van der Waals surface area contributed by atoms with E-state index < -0.39 is 0 Å². The van der Waals surface area contributed by atoms with E-state index in [-0.39, 0.29) is 17.8 Å². The quantitative estimate of drug-likeness (QED) is 0.702. The molecule has 0 unspecified atom stereocenters. The maximum Gasteiger partial charge on any atom is 0.315 e. The number of benzene rings is 2. The minimum absolute atomic E-state index is 0.299. The molecule has 16 heavy (non-hydrogen) atoms. The van der Waals surface area contributed by atoms with Gasteiger partial charge in [-0.3, -0.25) is 0 Å². The molecule has 0 heterocycles. The van der Waals surface area contributed by atoms with E-state index in [0.717, 1.165) is 10.9 Å². The maximum absolute atomic E-state index is 12.7. The average Bonchev–Trinajstić information content (AvgIpc) is 2.30. The van der Waals surface area contributed by atoms with Crippen LogP contribution in [0.1, 0.15) is 0 Å². The molecule has 2 aromatic rings. The summed E-state index contributed by atoms with van der Waals surface area (Å²) in [6.45, 7) is 0. The van der Waals surface area contributed by atoms with Gasteiger partial charge in [0.25, 0.3) is 0 Å². The van der Waals surface area contributed by atoms with Crippen LogP contribution in [-0.2, 0) is 0 Å². The number of hydrogen-bond donors (Lipinski definition) is 0. The second-order valence-electron chi connectivity index (χ2n) is 3.47. The Balaban J connectivity index is 2.28. The molecule has 0 nitrogen and oxygen atoms in total. The van der Waals surface area contributed by atoms with Crippen molar-refractivity contribution < 1.29 is 8.78 Å². The summed E-state index contributed by atoms with van der Waals surface area (Å²) < 4.78 is 25.4. The van der Waals surface area contributed by atoms with Crippen molar-refractivity contribution in [2.45, 2.75) is 0 Å². The first kappa shape index (κ1) is 11.1. The van der Waals surface area contributed by atoms with Crippen LogP contribution in [-0.4, -0.2) is 6.13 Å². The van der Waals surface area contributed by atoms with Crippen molar-refractivity contribution >= 4 is 28.5 Å². The third-order valence-electron chi connectivity index (χ3n) is 2.33. The molecule has 0 saturated heterocycles. The third kappa shape index (κ3) is 2.42. The van der Waals surface area contributed by atoms with Gasteiger partial charge in [0, 0.05) is 0 Å². The molecular formula is C12H8BClF2. The zero-order chi connectivity index (χ0) is 11.5. The molecule has 0 bridgehead atoms. The van der Waals surface area contributed by atoms with Crippen molar-refractivity contribution in [3.63, 3.8) is 0 Å². The van der Waals surface area contributed by atoms with Crippen LogP contribution >= 0.6 is 11.5 Å². The fraction of sp³-hybridized carbons (Fsp3) is 0. The van der Waals surface area contributed by atoms with E-state index in [9.17, 15) is 8.78 Å². The van der Waals surface area contributed by atoms with Gasteiger partial charge in [0.05, 0.1) is 0 Å². The summed E-state index contributed by atoms with van der Waals surface area (Å²) in [5.41, 5.74) is 1.57. The standard InChI is InChI=1S/C12H8BClF2/c14-13(9-1-5-11(15)6-2-9)10-3-7-12(16)8-4-10/h1-8H. The topological polar surface area (TPSA) is 0 Å². The number of halogens is 3. The summed E-state index contributed by atoms with van der Waals surface area (Å²) >= 11 is 6.19. The molecule has 2 rings (SSSR count). The summed E-state index contributed by atoms with van der Waals surface area (Å²) in [5.74, 6) is -0.599. The summed E-state index contributed by atoms with van der Waals surface area (Å²) in [7, 11) is 0. The molecule has 0 aliphatic heterocycles. The molecule has 80 valence electrons. The smallest absolute Gasteiger partial charge is 0.207 e. The Morgan fingerprint density at radius 2 is 1.00 bits per heavy atom. The minimum Gasteiger partial charge on any atom is -0.207 e. The molecule has 2 aromatic carbocycles. The molecule has 0 aromatic heterocycles. The molecule has 0 fully saturated rings. The largest absolute Gasteiger partial charge is 0.315 e. The van der Waals surface area contributed by atoms with Gasteiger partial charge in [0.2, 0.25) is 0 Å². The van der Waals surface area contributed by atoms with Crippen LogP contribution in [0.4, 0.5) is 8.78 Å². The number of hydrogen-bond acceptors (Lipinski definition) is 0. The van der Waals surface area contributed by atoms with Crippen molar-refractivity contribution in [2.75, 3.05) is 0 Å². The highest BCUT2D eigenvalue weighted by Gasteiger charge is 2.15. The highest BCUT2D eigenvalue weighted by molar-refractivity contribution is 7.21. The molecule has 0 N–H and O–H groups in total. The molecule has 0 spiro atoms. The normalized spacial score (nSPS) is 10.2. The predicted octanol–water partition coefficient (Wildman–Crippen LogP) is 2.31. The first-order valence-corrected chi connectivity index (χ1v) is 5.25. The van der Waals surface area contributed by atoms with E-state index in [4.69, 9.17) is 11.5 Å². The van der Waals surface area contributed by atoms with Crippen LogP contribution in [0.15, 0.2) is 48.5 Å². The van der Waals surface area contributed by atoms with Gasteiger partial charge in [0.1, 0.15) is 11.6 Å². The maximum atomic E-state index is 12.7. The molecule has 0 saturated carbocycles. The first-order chi connectivity index (χ1) is 7.66. The number of rotatable bonds is 2. The lowest BCUT2D eigenvalue weighted by atomic mass is 9.62. The molecule has 4 heteroatoms. The van der Waals surface area contributed by atoms with Gasteiger partial charge in [0.15, 0.2) is 0 Å². The van der Waals surface area contributed by atoms with Gasteiger partial charge in [-0.15, -0.1) is 0 Å². The lowest BCUT2D eigenvalue weighted by molar-refractivity contribution is 0.628. The summed E-state index contributed by atoms with van der Waals surface area (Å²) in [4.78, 5) is 0. The Morgan fingerprint density at radius 3 is 1.31 bits per heavy atom. The molecule has 0 aliphatic rings. The lowest BCUT2D eigenvalue weighted by Crippen LogP contribution is -2.36. The Hall–Kier alpha value is -1.35. The zero-order valence-electron chi connectivity index (χ0n) is 8.33. The van der Waals surface area contributed by atoms with Crippen molar-refractivity contribution in [1.29, 1.82) is 0 Å². The SMILES string of the molecule is Fc1ccc(B(Cl)c2ccc(F)cc2)cc1. The fourth-order valence-electron chi connectivity index (χ4n) is 1.46. The molecule has 0 atom stereocenters. The Morgan fingerprint density at radius 1 is 0.688 bits per heavy atom. The summed E-state index contributed by atoms with van der Waals surface area (Å²) in [5, 5.41) is 0. The van der Waals surface area contributed by atoms with Crippen molar-refractivity contribution in [3.8, 4) is 0 Å². The van der Waals surface area contributed by atoms with Crippen LogP contribution in [0.25, 0.3) is 0 Å². The van der Waals surface area contributed by atoms with E-state index in [0.29, 0.717) is 0 Å². The second kappa shape index (κ2) is 4.66. The summed E-state index contributed by atoms with van der Waals surface area (Å²) in [6, 6.07) is 11.9. The minimum atomic E-state index is -0.388.